The van der Waals surface area contributed by atoms with Crippen molar-refractivity contribution in [2.24, 2.45) is 4.99 Å². The van der Waals surface area contributed by atoms with Gasteiger partial charge in [0.2, 0.25) is 0 Å². The summed E-state index contributed by atoms with van der Waals surface area (Å²) in [5, 5.41) is 6.39. The molecule has 1 saturated heterocycles. The fraction of sp³-hybridized carbons (Fsp3) is 0.526. The van der Waals surface area contributed by atoms with Gasteiger partial charge in [-0.05, 0) is 31.9 Å². The molecule has 0 spiro atoms. The summed E-state index contributed by atoms with van der Waals surface area (Å²) in [5.74, 6) is 2.24. The minimum absolute atomic E-state index is 0.0557. The molecule has 0 amide bonds. The Morgan fingerprint density at radius 1 is 1.31 bits per heavy atom. The highest BCUT2D eigenvalue weighted by Gasteiger charge is 2.34. The molecule has 0 aromatic carbocycles. The summed E-state index contributed by atoms with van der Waals surface area (Å²) < 4.78 is 39.6. The van der Waals surface area contributed by atoms with Crippen LogP contribution in [0.3, 0.4) is 0 Å². The second-order valence-corrected chi connectivity index (χ2v) is 7.04. The van der Waals surface area contributed by atoms with Crippen molar-refractivity contribution in [1.82, 2.24) is 30.1 Å². The first-order chi connectivity index (χ1) is 13.8. The number of likely N-dealkylation sites (tertiary alicyclic amines) is 1. The first-order valence-corrected chi connectivity index (χ1v) is 9.63. The Kier molecular flexibility index (Phi) is 6.73. The Bertz CT molecular complexity index is 814. The third-order valence-corrected chi connectivity index (χ3v) is 4.66. The zero-order chi connectivity index (χ0) is 20.9. The van der Waals surface area contributed by atoms with Gasteiger partial charge in [-0.15, -0.1) is 0 Å². The lowest BCUT2D eigenvalue weighted by Crippen LogP contribution is -2.45. The van der Waals surface area contributed by atoms with Crippen molar-refractivity contribution in [3.05, 3.63) is 42.1 Å². The molecule has 7 nitrogen and oxygen atoms in total. The number of pyridine rings is 1. The highest BCUT2D eigenvalue weighted by Crippen LogP contribution is 2.20. The van der Waals surface area contributed by atoms with Gasteiger partial charge in [0.05, 0.1) is 13.1 Å². The average molecular weight is 409 g/mol. The molecule has 1 fully saturated rings. The lowest BCUT2D eigenvalue weighted by atomic mass is 10.2. The Labute approximate surface area is 168 Å². The van der Waals surface area contributed by atoms with Crippen molar-refractivity contribution in [2.45, 2.75) is 39.0 Å². The number of rotatable bonds is 6. The average Bonchev–Trinajstić information content (AvgIpc) is 3.28. The normalized spacial score (nSPS) is 18.2. The highest BCUT2D eigenvalue weighted by molar-refractivity contribution is 5.80. The highest BCUT2D eigenvalue weighted by atomic mass is 19.4. The fourth-order valence-corrected chi connectivity index (χ4v) is 3.30. The number of aryl methyl sites for hydroxylation is 1. The van der Waals surface area contributed by atoms with Crippen molar-refractivity contribution in [3.8, 4) is 5.82 Å². The molecule has 0 bridgehead atoms. The van der Waals surface area contributed by atoms with Crippen LogP contribution in [0.15, 0.2) is 35.7 Å². The zero-order valence-electron chi connectivity index (χ0n) is 16.6. The molecule has 3 heterocycles. The minimum atomic E-state index is -4.16. The van der Waals surface area contributed by atoms with Gasteiger partial charge in [0.1, 0.15) is 11.6 Å². The molecule has 1 unspecified atom stereocenters. The fourth-order valence-electron chi connectivity index (χ4n) is 3.30. The number of hydrogen-bond acceptors (Lipinski definition) is 4. The number of guanidine groups is 1. The molecule has 1 aliphatic rings. The molecule has 0 saturated carbocycles. The summed E-state index contributed by atoms with van der Waals surface area (Å²) in [4.78, 5) is 14.6. The predicted molar refractivity (Wildman–Crippen MR) is 105 cm³/mol. The van der Waals surface area contributed by atoms with E-state index >= 15 is 0 Å². The van der Waals surface area contributed by atoms with E-state index in [9.17, 15) is 13.2 Å². The van der Waals surface area contributed by atoms with E-state index in [2.05, 4.69) is 25.6 Å². The van der Waals surface area contributed by atoms with E-state index < -0.39 is 12.7 Å². The number of alkyl halides is 3. The van der Waals surface area contributed by atoms with Gasteiger partial charge in [0.15, 0.2) is 5.96 Å². The molecule has 0 aliphatic carbocycles. The second kappa shape index (κ2) is 9.25. The van der Waals surface area contributed by atoms with E-state index in [0.29, 0.717) is 38.6 Å². The number of aliphatic imine (C=N–C) groups is 1. The molecule has 158 valence electrons. The van der Waals surface area contributed by atoms with Gasteiger partial charge < -0.3 is 10.6 Å². The quantitative estimate of drug-likeness (QED) is 0.566. The summed E-state index contributed by atoms with van der Waals surface area (Å²) in [6.45, 7) is 4.86. The Morgan fingerprint density at radius 3 is 2.76 bits per heavy atom. The molecule has 0 radical (unpaired) electrons. The van der Waals surface area contributed by atoms with Crippen LogP contribution in [0.4, 0.5) is 13.2 Å². The van der Waals surface area contributed by atoms with Gasteiger partial charge in [-0.2, -0.15) is 13.2 Å². The number of nitrogens with zero attached hydrogens (tertiary/aromatic N) is 5. The van der Waals surface area contributed by atoms with Crippen molar-refractivity contribution < 1.29 is 13.2 Å². The van der Waals surface area contributed by atoms with Crippen LogP contribution in [0.5, 0.6) is 0 Å². The van der Waals surface area contributed by atoms with Crippen molar-refractivity contribution in [1.29, 1.82) is 0 Å². The van der Waals surface area contributed by atoms with Crippen molar-refractivity contribution >= 4 is 5.96 Å². The number of hydrogen-bond donors (Lipinski definition) is 2. The Balaban J connectivity index is 1.57. The maximum Gasteiger partial charge on any atom is 0.401 e. The SMILES string of the molecule is CCNC(=NCc1ccc(-n2ccnc2C)nc1)NC1CCN(CC(F)(F)F)C1. The molecule has 2 aromatic rings. The van der Waals surface area contributed by atoms with E-state index in [1.54, 1.807) is 12.4 Å². The largest absolute Gasteiger partial charge is 0.401 e. The van der Waals surface area contributed by atoms with E-state index in [0.717, 1.165) is 17.2 Å². The molecule has 3 rings (SSSR count). The predicted octanol–water partition coefficient (Wildman–Crippen LogP) is 2.27. The van der Waals surface area contributed by atoms with Crippen LogP contribution in [0.2, 0.25) is 0 Å². The molecule has 2 N–H and O–H groups in total. The Morgan fingerprint density at radius 2 is 2.14 bits per heavy atom. The van der Waals surface area contributed by atoms with E-state index in [-0.39, 0.29) is 6.04 Å². The van der Waals surface area contributed by atoms with Gasteiger partial charge >= 0.3 is 6.18 Å². The van der Waals surface area contributed by atoms with E-state index in [1.165, 1.54) is 4.90 Å². The van der Waals surface area contributed by atoms with Crippen LogP contribution in [-0.2, 0) is 6.54 Å². The second-order valence-electron chi connectivity index (χ2n) is 7.04. The molecule has 29 heavy (non-hydrogen) atoms. The lowest BCUT2D eigenvalue weighted by molar-refractivity contribution is -0.143. The summed E-state index contributed by atoms with van der Waals surface area (Å²) in [6, 6.07) is 3.81. The van der Waals surface area contributed by atoms with Gasteiger partial charge in [-0.3, -0.25) is 9.47 Å². The van der Waals surface area contributed by atoms with Gasteiger partial charge in [0.25, 0.3) is 0 Å². The molecular weight excluding hydrogens is 383 g/mol. The summed E-state index contributed by atoms with van der Waals surface area (Å²) in [7, 11) is 0. The molecule has 10 heteroatoms. The third kappa shape index (κ3) is 6.18. The smallest absolute Gasteiger partial charge is 0.357 e. The van der Waals surface area contributed by atoms with Gasteiger partial charge in [-0.25, -0.2) is 15.0 Å². The van der Waals surface area contributed by atoms with Crippen LogP contribution >= 0.6 is 0 Å². The van der Waals surface area contributed by atoms with Crippen molar-refractivity contribution in [2.75, 3.05) is 26.2 Å². The Hall–Kier alpha value is -2.62. The van der Waals surface area contributed by atoms with Crippen molar-refractivity contribution in [3.63, 3.8) is 0 Å². The monoisotopic (exact) mass is 409 g/mol. The molecule has 2 aromatic heterocycles. The first kappa shape index (κ1) is 21.1. The van der Waals surface area contributed by atoms with E-state index in [1.807, 2.05) is 36.7 Å². The lowest BCUT2D eigenvalue weighted by Gasteiger charge is -2.19. The summed E-state index contributed by atoms with van der Waals surface area (Å²) >= 11 is 0. The van der Waals surface area contributed by atoms with Crippen LogP contribution < -0.4 is 10.6 Å². The topological polar surface area (TPSA) is 70.4 Å². The summed E-state index contributed by atoms with van der Waals surface area (Å²) in [6.07, 6.45) is 1.83. The minimum Gasteiger partial charge on any atom is -0.357 e. The number of nitrogens with one attached hydrogen (secondary N) is 2. The van der Waals surface area contributed by atoms with E-state index in [4.69, 9.17) is 0 Å². The zero-order valence-corrected chi connectivity index (χ0v) is 16.6. The van der Waals surface area contributed by atoms with Crippen LogP contribution in [0.25, 0.3) is 5.82 Å². The van der Waals surface area contributed by atoms with Gasteiger partial charge in [0, 0.05) is 44.3 Å². The third-order valence-electron chi connectivity index (χ3n) is 4.66. The summed E-state index contributed by atoms with van der Waals surface area (Å²) in [5.41, 5.74) is 0.939. The molecule has 1 aliphatic heterocycles. The molecule has 1 atom stereocenters. The van der Waals surface area contributed by atoms with Crippen LogP contribution in [0, 0.1) is 6.92 Å². The molecular formula is C19H26F3N7. The number of imidazole rings is 1. The van der Waals surface area contributed by atoms with Crippen LogP contribution in [0.1, 0.15) is 24.7 Å². The number of aromatic nitrogens is 3. The maximum absolute atomic E-state index is 12.6. The maximum atomic E-state index is 12.6. The van der Waals surface area contributed by atoms with Crippen LogP contribution in [-0.4, -0.2) is 63.8 Å². The number of halogens is 3. The standard InChI is InChI=1S/C19H26F3N7/c1-3-23-18(27-16-6-8-28(12-16)13-19(20,21)22)26-11-15-4-5-17(25-10-15)29-9-7-24-14(29)2/h4-5,7,9-10,16H,3,6,8,11-13H2,1-2H3,(H2,23,26,27). The van der Waals surface area contributed by atoms with Gasteiger partial charge in [-0.1, -0.05) is 6.07 Å². The first-order valence-electron chi connectivity index (χ1n) is 9.63.